The number of piperazine rings is 1. The van der Waals surface area contributed by atoms with Crippen molar-refractivity contribution in [2.45, 2.75) is 13.8 Å². The van der Waals surface area contributed by atoms with E-state index in [1.807, 2.05) is 4.90 Å². The van der Waals surface area contributed by atoms with E-state index in [4.69, 9.17) is 0 Å². The molecule has 0 atom stereocenters. The summed E-state index contributed by atoms with van der Waals surface area (Å²) in [4.78, 5) is 32.3. The summed E-state index contributed by atoms with van der Waals surface area (Å²) in [6.07, 6.45) is 1.38. The molecule has 0 aliphatic carbocycles. The molecule has 3 rings (SSSR count). The smallest absolute Gasteiger partial charge is 0.339 e. The van der Waals surface area contributed by atoms with Crippen LogP contribution in [0.1, 0.15) is 32.0 Å². The minimum atomic E-state index is -0.460. The van der Waals surface area contributed by atoms with Crippen molar-refractivity contribution in [1.29, 1.82) is 0 Å². The van der Waals surface area contributed by atoms with Crippen molar-refractivity contribution in [2.75, 3.05) is 38.2 Å². The Morgan fingerprint density at radius 1 is 1.04 bits per heavy atom. The van der Waals surface area contributed by atoms with Crippen molar-refractivity contribution >= 4 is 17.6 Å². The van der Waals surface area contributed by atoms with Gasteiger partial charge in [0, 0.05) is 38.1 Å². The summed E-state index contributed by atoms with van der Waals surface area (Å²) in [6.45, 7) is 7.11. The first-order valence-electron chi connectivity index (χ1n) is 8.66. The number of carbonyl (C=O) groups is 2. The van der Waals surface area contributed by atoms with Crippen LogP contribution in [0.4, 0.5) is 5.69 Å². The standard InChI is InChI=1S/C20H23N3O3/c1-14-5-4-6-18(15(14)2)22-9-11-23(12-10-22)19(24)17-8-7-16(13-21-17)20(25)26-3/h4-8,13H,9-12H2,1-3H3. The maximum absolute atomic E-state index is 12.6. The summed E-state index contributed by atoms with van der Waals surface area (Å²) in [6, 6.07) is 9.46. The highest BCUT2D eigenvalue weighted by molar-refractivity contribution is 5.94. The molecule has 0 N–H and O–H groups in total. The summed E-state index contributed by atoms with van der Waals surface area (Å²) in [7, 11) is 1.32. The Bertz CT molecular complexity index is 810. The molecule has 1 amide bonds. The summed E-state index contributed by atoms with van der Waals surface area (Å²) in [5, 5.41) is 0. The first-order chi connectivity index (χ1) is 12.5. The van der Waals surface area contributed by atoms with Crippen LogP contribution in [-0.2, 0) is 4.74 Å². The number of hydrogen-bond donors (Lipinski definition) is 0. The van der Waals surface area contributed by atoms with Crippen LogP contribution in [-0.4, -0.2) is 55.0 Å². The molecule has 6 heteroatoms. The third kappa shape index (κ3) is 3.54. The number of carbonyl (C=O) groups excluding carboxylic acids is 2. The number of nitrogens with zero attached hydrogens (tertiary/aromatic N) is 3. The lowest BCUT2D eigenvalue weighted by Gasteiger charge is -2.37. The number of pyridine rings is 1. The van der Waals surface area contributed by atoms with E-state index in [1.54, 1.807) is 12.1 Å². The fourth-order valence-electron chi connectivity index (χ4n) is 3.15. The number of methoxy groups -OCH3 is 1. The number of esters is 1. The topological polar surface area (TPSA) is 62.7 Å². The minimum Gasteiger partial charge on any atom is -0.465 e. The summed E-state index contributed by atoms with van der Waals surface area (Å²) < 4.78 is 4.64. The van der Waals surface area contributed by atoms with Crippen LogP contribution < -0.4 is 4.90 Å². The summed E-state index contributed by atoms with van der Waals surface area (Å²) in [5.41, 5.74) is 4.47. The first kappa shape index (κ1) is 17.9. The number of benzene rings is 1. The van der Waals surface area contributed by atoms with E-state index in [-0.39, 0.29) is 5.91 Å². The van der Waals surface area contributed by atoms with Crippen LogP contribution in [0.2, 0.25) is 0 Å². The lowest BCUT2D eigenvalue weighted by Crippen LogP contribution is -2.49. The quantitative estimate of drug-likeness (QED) is 0.793. The van der Waals surface area contributed by atoms with Crippen molar-refractivity contribution in [3.8, 4) is 0 Å². The molecule has 1 fully saturated rings. The molecule has 1 aliphatic heterocycles. The van der Waals surface area contributed by atoms with Crippen molar-refractivity contribution < 1.29 is 14.3 Å². The van der Waals surface area contributed by atoms with Gasteiger partial charge in [0.05, 0.1) is 12.7 Å². The molecule has 1 aliphatic rings. The third-order valence-electron chi connectivity index (χ3n) is 4.89. The average molecular weight is 353 g/mol. The second kappa shape index (κ2) is 7.56. The molecule has 2 heterocycles. The largest absolute Gasteiger partial charge is 0.465 e. The predicted octanol–water partition coefficient (Wildman–Crippen LogP) is 2.45. The number of rotatable bonds is 3. The van der Waals surface area contributed by atoms with Crippen LogP contribution in [0.5, 0.6) is 0 Å². The Hall–Kier alpha value is -2.89. The Labute approximate surface area is 153 Å². The molecule has 1 aromatic carbocycles. The second-order valence-electron chi connectivity index (χ2n) is 6.42. The molecule has 26 heavy (non-hydrogen) atoms. The lowest BCUT2D eigenvalue weighted by atomic mass is 10.1. The van der Waals surface area contributed by atoms with E-state index >= 15 is 0 Å². The summed E-state index contributed by atoms with van der Waals surface area (Å²) in [5.74, 6) is -0.569. The zero-order valence-electron chi connectivity index (χ0n) is 15.4. The van der Waals surface area contributed by atoms with Crippen LogP contribution >= 0.6 is 0 Å². The lowest BCUT2D eigenvalue weighted by molar-refractivity contribution is 0.0599. The third-order valence-corrected chi connectivity index (χ3v) is 4.89. The van der Waals surface area contributed by atoms with E-state index in [0.717, 1.165) is 13.1 Å². The number of hydrogen-bond acceptors (Lipinski definition) is 5. The van der Waals surface area contributed by atoms with E-state index < -0.39 is 5.97 Å². The van der Waals surface area contributed by atoms with Gasteiger partial charge in [-0.25, -0.2) is 4.79 Å². The van der Waals surface area contributed by atoms with Gasteiger partial charge in [0.2, 0.25) is 0 Å². The first-order valence-corrected chi connectivity index (χ1v) is 8.66. The van der Waals surface area contributed by atoms with Crippen LogP contribution in [0.25, 0.3) is 0 Å². The van der Waals surface area contributed by atoms with Gasteiger partial charge in [-0.1, -0.05) is 12.1 Å². The highest BCUT2D eigenvalue weighted by Crippen LogP contribution is 2.24. The number of aryl methyl sites for hydroxylation is 1. The maximum atomic E-state index is 12.6. The van der Waals surface area contributed by atoms with Crippen molar-refractivity contribution in [3.63, 3.8) is 0 Å². The number of ether oxygens (including phenoxy) is 1. The van der Waals surface area contributed by atoms with Crippen molar-refractivity contribution in [3.05, 3.63) is 58.9 Å². The van der Waals surface area contributed by atoms with Crippen LogP contribution in [0.3, 0.4) is 0 Å². The number of aromatic nitrogens is 1. The van der Waals surface area contributed by atoms with E-state index in [1.165, 1.54) is 30.1 Å². The average Bonchev–Trinajstić information content (AvgIpc) is 2.69. The van der Waals surface area contributed by atoms with Crippen LogP contribution in [0, 0.1) is 13.8 Å². The highest BCUT2D eigenvalue weighted by atomic mass is 16.5. The van der Waals surface area contributed by atoms with Gasteiger partial charge in [0.1, 0.15) is 5.69 Å². The molecule has 1 saturated heterocycles. The fraction of sp³-hybridized carbons (Fsp3) is 0.350. The second-order valence-corrected chi connectivity index (χ2v) is 6.42. The predicted molar refractivity (Wildman–Crippen MR) is 99.6 cm³/mol. The van der Waals surface area contributed by atoms with Gasteiger partial charge < -0.3 is 14.5 Å². The van der Waals surface area contributed by atoms with Crippen LogP contribution in [0.15, 0.2) is 36.5 Å². The Morgan fingerprint density at radius 2 is 1.77 bits per heavy atom. The van der Waals surface area contributed by atoms with Gasteiger partial charge in [-0.2, -0.15) is 0 Å². The normalized spacial score (nSPS) is 14.3. The van der Waals surface area contributed by atoms with Gasteiger partial charge in [-0.15, -0.1) is 0 Å². The van der Waals surface area contributed by atoms with E-state index in [2.05, 4.69) is 46.7 Å². The number of anilines is 1. The molecule has 0 bridgehead atoms. The Balaban J connectivity index is 1.65. The van der Waals surface area contributed by atoms with Crippen molar-refractivity contribution in [2.24, 2.45) is 0 Å². The van der Waals surface area contributed by atoms with Gasteiger partial charge in [-0.3, -0.25) is 9.78 Å². The molecule has 0 spiro atoms. The molecule has 2 aromatic rings. The SMILES string of the molecule is COC(=O)c1ccc(C(=O)N2CCN(c3cccc(C)c3C)CC2)nc1. The van der Waals surface area contributed by atoms with Gasteiger partial charge in [0.15, 0.2) is 0 Å². The van der Waals surface area contributed by atoms with E-state index in [0.29, 0.717) is 24.3 Å². The fourth-order valence-corrected chi connectivity index (χ4v) is 3.15. The number of amides is 1. The Morgan fingerprint density at radius 3 is 2.38 bits per heavy atom. The molecule has 6 nitrogen and oxygen atoms in total. The van der Waals surface area contributed by atoms with Gasteiger partial charge >= 0.3 is 5.97 Å². The molecule has 0 radical (unpaired) electrons. The zero-order valence-corrected chi connectivity index (χ0v) is 15.4. The van der Waals surface area contributed by atoms with Gasteiger partial charge in [-0.05, 0) is 43.2 Å². The minimum absolute atomic E-state index is 0.109. The highest BCUT2D eigenvalue weighted by Gasteiger charge is 2.24. The molecule has 1 aromatic heterocycles. The maximum Gasteiger partial charge on any atom is 0.339 e. The molecule has 136 valence electrons. The van der Waals surface area contributed by atoms with Crippen molar-refractivity contribution in [1.82, 2.24) is 9.88 Å². The molecule has 0 unspecified atom stereocenters. The monoisotopic (exact) mass is 353 g/mol. The zero-order chi connectivity index (χ0) is 18.7. The van der Waals surface area contributed by atoms with E-state index in [9.17, 15) is 9.59 Å². The molecular weight excluding hydrogens is 330 g/mol. The van der Waals surface area contributed by atoms with Gasteiger partial charge in [0.25, 0.3) is 5.91 Å². The Kier molecular flexibility index (Phi) is 5.21. The molecule has 0 saturated carbocycles. The summed E-state index contributed by atoms with van der Waals surface area (Å²) >= 11 is 0. The molecular formula is C20H23N3O3.